The number of rotatable bonds is 2. The number of aromatic carboxylic acids is 2. The van der Waals surface area contributed by atoms with E-state index in [2.05, 4.69) is 0 Å². The molecule has 0 unspecified atom stereocenters. The van der Waals surface area contributed by atoms with Gasteiger partial charge in [-0.05, 0) is 48.5 Å². The lowest BCUT2D eigenvalue weighted by atomic mass is 10.2. The highest BCUT2D eigenvalue weighted by atomic mass is 16.4. The van der Waals surface area contributed by atoms with E-state index in [1.807, 2.05) is 0 Å². The number of hydrogen-bond acceptors (Lipinski definition) is 6. The van der Waals surface area contributed by atoms with Gasteiger partial charge in [0.1, 0.15) is 11.5 Å². The number of phenolic OH excluding ortho intramolecular Hbond substituents is 2. The summed E-state index contributed by atoms with van der Waals surface area (Å²) in [7, 11) is 0. The van der Waals surface area contributed by atoms with Crippen LogP contribution < -0.4 is 11.5 Å². The smallest absolute Gasteiger partial charge is 0.337 e. The summed E-state index contributed by atoms with van der Waals surface area (Å²) in [5, 5.41) is 34.3. The molecule has 0 fully saturated rings. The van der Waals surface area contributed by atoms with Crippen LogP contribution in [0.3, 0.4) is 0 Å². The monoisotopic (exact) mass is 384 g/mol. The quantitative estimate of drug-likeness (QED) is 0.289. The van der Waals surface area contributed by atoms with Gasteiger partial charge in [-0.3, -0.25) is 0 Å². The van der Waals surface area contributed by atoms with E-state index in [0.717, 1.165) is 0 Å². The highest BCUT2D eigenvalue weighted by Gasteiger charge is 2.04. The SMILES string of the molecule is Nc1ccccc1C(=O)O.Nc1ccccc1C(=O)O.Oc1ccc(O)cc1. The van der Waals surface area contributed by atoms with Crippen LogP contribution in [0.2, 0.25) is 0 Å². The Morgan fingerprint density at radius 2 is 0.857 bits per heavy atom. The Balaban J connectivity index is 0.000000212. The van der Waals surface area contributed by atoms with Crippen molar-refractivity contribution < 1.29 is 30.0 Å². The van der Waals surface area contributed by atoms with Crippen LogP contribution in [-0.2, 0) is 0 Å². The lowest BCUT2D eigenvalue weighted by Gasteiger charge is -1.96. The molecule has 146 valence electrons. The van der Waals surface area contributed by atoms with Crippen LogP contribution in [0.15, 0.2) is 72.8 Å². The number of aromatic hydroxyl groups is 2. The third kappa shape index (κ3) is 7.36. The normalized spacial score (nSPS) is 9.14. The fraction of sp³-hybridized carbons (Fsp3) is 0. The minimum Gasteiger partial charge on any atom is -0.508 e. The van der Waals surface area contributed by atoms with E-state index in [1.165, 1.54) is 36.4 Å². The Morgan fingerprint density at radius 1 is 0.571 bits per heavy atom. The van der Waals surface area contributed by atoms with Crippen molar-refractivity contribution in [3.8, 4) is 11.5 Å². The number of nitrogen functional groups attached to an aromatic ring is 2. The van der Waals surface area contributed by atoms with Crippen molar-refractivity contribution >= 4 is 23.3 Å². The molecular formula is C20H20N2O6. The summed E-state index contributed by atoms with van der Waals surface area (Å²) in [5.74, 6) is -1.64. The zero-order valence-corrected chi connectivity index (χ0v) is 14.7. The molecule has 3 aromatic rings. The molecule has 0 amide bonds. The Morgan fingerprint density at radius 3 is 1.07 bits per heavy atom. The molecule has 3 rings (SSSR count). The van der Waals surface area contributed by atoms with Crippen LogP contribution >= 0.6 is 0 Å². The van der Waals surface area contributed by atoms with Crippen molar-refractivity contribution in [2.75, 3.05) is 11.5 Å². The molecule has 0 bridgehead atoms. The molecule has 0 saturated carbocycles. The van der Waals surface area contributed by atoms with Crippen molar-refractivity contribution in [3.05, 3.63) is 83.9 Å². The van der Waals surface area contributed by atoms with Gasteiger partial charge >= 0.3 is 11.9 Å². The predicted octanol–water partition coefficient (Wildman–Crippen LogP) is 3.03. The molecule has 0 atom stereocenters. The van der Waals surface area contributed by atoms with Gasteiger partial charge in [-0.15, -0.1) is 0 Å². The Bertz CT molecular complexity index is 849. The summed E-state index contributed by atoms with van der Waals surface area (Å²) in [6, 6.07) is 18.4. The maximum atomic E-state index is 10.3. The van der Waals surface area contributed by atoms with Gasteiger partial charge in [0, 0.05) is 11.4 Å². The first kappa shape index (κ1) is 21.8. The molecule has 8 heteroatoms. The molecule has 0 aliphatic heterocycles. The average molecular weight is 384 g/mol. The molecule has 0 aliphatic carbocycles. The largest absolute Gasteiger partial charge is 0.508 e. The third-order valence-corrected chi connectivity index (χ3v) is 3.23. The van der Waals surface area contributed by atoms with E-state index in [9.17, 15) is 9.59 Å². The second-order valence-electron chi connectivity index (χ2n) is 5.30. The van der Waals surface area contributed by atoms with Crippen LogP contribution in [0.5, 0.6) is 11.5 Å². The third-order valence-electron chi connectivity index (χ3n) is 3.23. The standard InChI is InChI=1S/2C7H7NO2.C6H6O2/c2*8-6-4-2-1-3-5(6)7(9)10;7-5-1-2-6(8)4-3-5/h2*1-4H,8H2,(H,9,10);1-4,7-8H. The van der Waals surface area contributed by atoms with Crippen molar-refractivity contribution in [2.24, 2.45) is 0 Å². The average Bonchev–Trinajstić information content (AvgIpc) is 2.65. The molecule has 0 spiro atoms. The molecule has 0 saturated heterocycles. The first-order chi connectivity index (χ1) is 13.2. The highest BCUT2D eigenvalue weighted by Crippen LogP contribution is 2.13. The second kappa shape index (κ2) is 10.7. The topological polar surface area (TPSA) is 167 Å². The molecule has 8 N–H and O–H groups in total. The molecule has 0 aromatic heterocycles. The van der Waals surface area contributed by atoms with Crippen LogP contribution in [0.4, 0.5) is 11.4 Å². The number of hydrogen-bond donors (Lipinski definition) is 6. The highest BCUT2D eigenvalue weighted by molar-refractivity contribution is 5.93. The van der Waals surface area contributed by atoms with Crippen molar-refractivity contribution in [2.45, 2.75) is 0 Å². The first-order valence-corrected chi connectivity index (χ1v) is 7.86. The molecule has 0 aliphatic rings. The number of nitrogens with two attached hydrogens (primary N) is 2. The molecule has 3 aromatic carbocycles. The van der Waals surface area contributed by atoms with Gasteiger partial charge in [-0.1, -0.05) is 24.3 Å². The van der Waals surface area contributed by atoms with E-state index >= 15 is 0 Å². The van der Waals surface area contributed by atoms with Gasteiger partial charge in [-0.2, -0.15) is 0 Å². The second-order valence-corrected chi connectivity index (χ2v) is 5.30. The van der Waals surface area contributed by atoms with Gasteiger partial charge in [0.2, 0.25) is 0 Å². The Labute approximate surface area is 160 Å². The predicted molar refractivity (Wildman–Crippen MR) is 105 cm³/mol. The maximum Gasteiger partial charge on any atom is 0.337 e. The van der Waals surface area contributed by atoms with Gasteiger partial charge in [0.15, 0.2) is 0 Å². The number of benzene rings is 3. The van der Waals surface area contributed by atoms with E-state index < -0.39 is 11.9 Å². The van der Waals surface area contributed by atoms with E-state index in [1.54, 1.807) is 36.4 Å². The zero-order valence-electron chi connectivity index (χ0n) is 14.7. The summed E-state index contributed by atoms with van der Waals surface area (Å²) < 4.78 is 0. The maximum absolute atomic E-state index is 10.3. The van der Waals surface area contributed by atoms with Crippen LogP contribution in [0, 0.1) is 0 Å². The molecule has 8 nitrogen and oxygen atoms in total. The Hall–Kier alpha value is -4.20. The summed E-state index contributed by atoms with van der Waals surface area (Å²) >= 11 is 0. The van der Waals surface area contributed by atoms with Gasteiger partial charge in [0.05, 0.1) is 11.1 Å². The van der Waals surface area contributed by atoms with Crippen molar-refractivity contribution in [3.63, 3.8) is 0 Å². The fourth-order valence-corrected chi connectivity index (χ4v) is 1.84. The van der Waals surface area contributed by atoms with Crippen LogP contribution in [-0.4, -0.2) is 32.4 Å². The van der Waals surface area contributed by atoms with E-state index in [0.29, 0.717) is 11.4 Å². The Kier molecular flexibility index (Phi) is 8.36. The number of para-hydroxylation sites is 2. The van der Waals surface area contributed by atoms with Gasteiger partial charge < -0.3 is 31.9 Å². The zero-order chi connectivity index (χ0) is 21.1. The van der Waals surface area contributed by atoms with Crippen LogP contribution in [0.1, 0.15) is 20.7 Å². The fourth-order valence-electron chi connectivity index (χ4n) is 1.84. The molecule has 0 heterocycles. The lowest BCUT2D eigenvalue weighted by molar-refractivity contribution is 0.0687. The van der Waals surface area contributed by atoms with E-state index in [-0.39, 0.29) is 22.6 Å². The number of carbonyl (C=O) groups is 2. The van der Waals surface area contributed by atoms with E-state index in [4.69, 9.17) is 31.9 Å². The molecule has 0 radical (unpaired) electrons. The summed E-state index contributed by atoms with van der Waals surface area (Å²) in [6.07, 6.45) is 0. The first-order valence-electron chi connectivity index (χ1n) is 7.86. The van der Waals surface area contributed by atoms with Crippen LogP contribution in [0.25, 0.3) is 0 Å². The molecule has 28 heavy (non-hydrogen) atoms. The van der Waals surface area contributed by atoms with Crippen molar-refractivity contribution in [1.82, 2.24) is 0 Å². The van der Waals surface area contributed by atoms with Gasteiger partial charge in [0.25, 0.3) is 0 Å². The number of anilines is 2. The number of phenols is 2. The minimum atomic E-state index is -0.988. The summed E-state index contributed by atoms with van der Waals surface area (Å²) in [5.41, 5.74) is 11.6. The van der Waals surface area contributed by atoms with Crippen molar-refractivity contribution in [1.29, 1.82) is 0 Å². The number of carboxylic acid groups (broad SMARTS) is 2. The summed E-state index contributed by atoms with van der Waals surface area (Å²) in [6.45, 7) is 0. The van der Waals surface area contributed by atoms with Gasteiger partial charge in [-0.25, -0.2) is 9.59 Å². The molecular weight excluding hydrogens is 364 g/mol. The minimum absolute atomic E-state index is 0.155. The summed E-state index contributed by atoms with van der Waals surface area (Å²) in [4.78, 5) is 20.7. The number of carboxylic acids is 2. The lowest BCUT2D eigenvalue weighted by Crippen LogP contribution is -2.00.